The Morgan fingerprint density at radius 2 is 2.14 bits per heavy atom. The van der Waals surface area contributed by atoms with E-state index in [1.54, 1.807) is 0 Å². The maximum absolute atomic E-state index is 6.19. The Bertz CT molecular complexity index is 645. The van der Waals surface area contributed by atoms with Crippen LogP contribution >= 0.6 is 23.4 Å². The standard InChI is InChI=1S/C16H18ClN3S/c1-11-19-14-7-4-10-21-15(14)16(20-11)18-9-8-12-5-2-3-6-13(12)17/h2-3,5-6H,4,7-10H2,1H3,(H,18,19,20). The molecule has 1 N–H and O–H groups in total. The van der Waals surface area contributed by atoms with Crippen LogP contribution in [0.4, 0.5) is 5.82 Å². The van der Waals surface area contributed by atoms with Crippen molar-refractivity contribution in [3.63, 3.8) is 0 Å². The molecule has 0 bridgehead atoms. The Balaban J connectivity index is 1.71. The highest BCUT2D eigenvalue weighted by Gasteiger charge is 2.17. The van der Waals surface area contributed by atoms with E-state index in [4.69, 9.17) is 11.6 Å². The van der Waals surface area contributed by atoms with E-state index in [0.717, 1.165) is 41.8 Å². The summed E-state index contributed by atoms with van der Waals surface area (Å²) in [5.74, 6) is 2.98. The third kappa shape index (κ3) is 3.50. The van der Waals surface area contributed by atoms with Gasteiger partial charge in [-0.3, -0.25) is 0 Å². The lowest BCUT2D eigenvalue weighted by Gasteiger charge is -2.18. The number of fused-ring (bicyclic) bond motifs is 1. The number of anilines is 1. The van der Waals surface area contributed by atoms with Crippen molar-refractivity contribution < 1.29 is 0 Å². The molecule has 0 saturated carbocycles. The molecule has 5 heteroatoms. The zero-order valence-electron chi connectivity index (χ0n) is 12.0. The minimum absolute atomic E-state index is 0.827. The lowest BCUT2D eigenvalue weighted by molar-refractivity contribution is 0.810. The summed E-state index contributed by atoms with van der Waals surface area (Å²) in [7, 11) is 0. The molecule has 2 heterocycles. The number of benzene rings is 1. The van der Waals surface area contributed by atoms with Gasteiger partial charge in [-0.05, 0) is 43.6 Å². The third-order valence-electron chi connectivity index (χ3n) is 3.50. The first-order valence-electron chi connectivity index (χ1n) is 7.21. The van der Waals surface area contributed by atoms with Gasteiger partial charge in [0.15, 0.2) is 0 Å². The van der Waals surface area contributed by atoms with Gasteiger partial charge in [-0.1, -0.05) is 29.8 Å². The summed E-state index contributed by atoms with van der Waals surface area (Å²) in [6.45, 7) is 2.78. The summed E-state index contributed by atoms with van der Waals surface area (Å²) >= 11 is 8.05. The van der Waals surface area contributed by atoms with Crippen molar-refractivity contribution >= 4 is 29.2 Å². The second kappa shape index (κ2) is 6.67. The Morgan fingerprint density at radius 1 is 1.29 bits per heavy atom. The number of nitrogens with zero attached hydrogens (tertiary/aromatic N) is 2. The second-order valence-electron chi connectivity index (χ2n) is 5.12. The Morgan fingerprint density at radius 3 is 3.00 bits per heavy atom. The zero-order chi connectivity index (χ0) is 14.7. The molecule has 1 aliphatic rings. The summed E-state index contributed by atoms with van der Waals surface area (Å²) in [6, 6.07) is 7.98. The van der Waals surface area contributed by atoms with Crippen molar-refractivity contribution in [3.05, 3.63) is 46.4 Å². The molecular weight excluding hydrogens is 302 g/mol. The Labute approximate surface area is 134 Å². The van der Waals surface area contributed by atoms with E-state index in [0.29, 0.717) is 0 Å². The van der Waals surface area contributed by atoms with Crippen molar-refractivity contribution in [2.45, 2.75) is 31.1 Å². The molecule has 0 spiro atoms. The fourth-order valence-electron chi connectivity index (χ4n) is 2.49. The molecule has 0 fully saturated rings. The number of hydrogen-bond acceptors (Lipinski definition) is 4. The van der Waals surface area contributed by atoms with Crippen molar-refractivity contribution in [3.8, 4) is 0 Å². The van der Waals surface area contributed by atoms with Gasteiger partial charge in [0, 0.05) is 11.6 Å². The fraction of sp³-hybridized carbons (Fsp3) is 0.375. The third-order valence-corrected chi connectivity index (χ3v) is 5.08. The van der Waals surface area contributed by atoms with Crippen LogP contribution in [0.3, 0.4) is 0 Å². The number of halogens is 1. The van der Waals surface area contributed by atoms with Crippen LogP contribution < -0.4 is 5.32 Å². The maximum atomic E-state index is 6.19. The minimum atomic E-state index is 0.827. The molecule has 0 amide bonds. The largest absolute Gasteiger partial charge is 0.369 e. The predicted molar refractivity (Wildman–Crippen MR) is 89.5 cm³/mol. The van der Waals surface area contributed by atoms with Crippen molar-refractivity contribution in [1.82, 2.24) is 9.97 Å². The molecule has 0 radical (unpaired) electrons. The van der Waals surface area contributed by atoms with Crippen molar-refractivity contribution in [2.24, 2.45) is 0 Å². The quantitative estimate of drug-likeness (QED) is 0.919. The van der Waals surface area contributed by atoms with Crippen LogP contribution in [0.2, 0.25) is 5.02 Å². The first kappa shape index (κ1) is 14.7. The second-order valence-corrected chi connectivity index (χ2v) is 6.63. The van der Waals surface area contributed by atoms with Crippen LogP contribution in [0.1, 0.15) is 23.5 Å². The van der Waals surface area contributed by atoms with Crippen LogP contribution in [0.15, 0.2) is 29.2 Å². The molecule has 0 unspecified atom stereocenters. The molecule has 1 aromatic heterocycles. The highest BCUT2D eigenvalue weighted by molar-refractivity contribution is 7.99. The van der Waals surface area contributed by atoms with Crippen molar-refractivity contribution in [1.29, 1.82) is 0 Å². The molecule has 21 heavy (non-hydrogen) atoms. The SMILES string of the molecule is Cc1nc2c(c(NCCc3ccccc3Cl)n1)SCCC2. The van der Waals surface area contributed by atoms with Gasteiger partial charge < -0.3 is 5.32 Å². The van der Waals surface area contributed by atoms with E-state index in [2.05, 4.69) is 21.4 Å². The minimum Gasteiger partial charge on any atom is -0.369 e. The number of aromatic nitrogens is 2. The Hall–Kier alpha value is -1.26. The lowest BCUT2D eigenvalue weighted by atomic mass is 10.1. The van der Waals surface area contributed by atoms with Gasteiger partial charge >= 0.3 is 0 Å². The van der Waals surface area contributed by atoms with E-state index < -0.39 is 0 Å². The average molecular weight is 320 g/mol. The number of nitrogens with one attached hydrogen (secondary N) is 1. The maximum Gasteiger partial charge on any atom is 0.143 e. The van der Waals surface area contributed by atoms with E-state index in [1.165, 1.54) is 22.6 Å². The van der Waals surface area contributed by atoms with Crippen LogP contribution in [-0.2, 0) is 12.8 Å². The first-order valence-corrected chi connectivity index (χ1v) is 8.58. The van der Waals surface area contributed by atoms with Gasteiger partial charge in [0.2, 0.25) is 0 Å². The molecule has 3 rings (SSSR count). The van der Waals surface area contributed by atoms with Crippen LogP contribution in [0, 0.1) is 6.92 Å². The summed E-state index contributed by atoms with van der Waals surface area (Å²) < 4.78 is 0. The normalized spacial score (nSPS) is 13.8. The smallest absolute Gasteiger partial charge is 0.143 e. The molecule has 3 nitrogen and oxygen atoms in total. The summed E-state index contributed by atoms with van der Waals surface area (Å²) in [5.41, 5.74) is 2.36. The monoisotopic (exact) mass is 319 g/mol. The van der Waals surface area contributed by atoms with E-state index >= 15 is 0 Å². The Kier molecular flexibility index (Phi) is 4.66. The summed E-state index contributed by atoms with van der Waals surface area (Å²) in [6.07, 6.45) is 3.15. The number of rotatable bonds is 4. The van der Waals surface area contributed by atoms with Gasteiger partial charge in [0.05, 0.1) is 10.6 Å². The molecule has 0 aliphatic carbocycles. The number of thioether (sulfide) groups is 1. The van der Waals surface area contributed by atoms with Crippen molar-refractivity contribution in [2.75, 3.05) is 17.6 Å². The zero-order valence-corrected chi connectivity index (χ0v) is 13.6. The van der Waals surface area contributed by atoms with E-state index in [-0.39, 0.29) is 0 Å². The molecule has 1 aliphatic heterocycles. The molecule has 0 atom stereocenters. The highest BCUT2D eigenvalue weighted by Crippen LogP contribution is 2.34. The molecule has 2 aromatic rings. The topological polar surface area (TPSA) is 37.8 Å². The predicted octanol–water partition coefficient (Wildman–Crippen LogP) is 4.13. The lowest BCUT2D eigenvalue weighted by Crippen LogP contribution is -2.13. The highest BCUT2D eigenvalue weighted by atomic mass is 35.5. The van der Waals surface area contributed by atoms with Gasteiger partial charge in [0.25, 0.3) is 0 Å². The number of aryl methyl sites for hydroxylation is 2. The number of hydrogen-bond donors (Lipinski definition) is 1. The average Bonchev–Trinajstić information content (AvgIpc) is 2.49. The van der Waals surface area contributed by atoms with Gasteiger partial charge in [-0.25, -0.2) is 9.97 Å². The van der Waals surface area contributed by atoms with Gasteiger partial charge in [-0.2, -0.15) is 0 Å². The van der Waals surface area contributed by atoms with E-state index in [9.17, 15) is 0 Å². The van der Waals surface area contributed by atoms with E-state index in [1.807, 2.05) is 36.9 Å². The van der Waals surface area contributed by atoms with Gasteiger partial charge in [0.1, 0.15) is 11.6 Å². The van der Waals surface area contributed by atoms with Crippen LogP contribution in [-0.4, -0.2) is 22.3 Å². The summed E-state index contributed by atoms with van der Waals surface area (Å²) in [4.78, 5) is 10.4. The first-order chi connectivity index (χ1) is 10.2. The van der Waals surface area contributed by atoms with Crippen LogP contribution in [0.25, 0.3) is 0 Å². The molecule has 1 aromatic carbocycles. The molecular formula is C16H18ClN3S. The summed E-state index contributed by atoms with van der Waals surface area (Å²) in [5, 5.41) is 4.29. The molecule has 0 saturated heterocycles. The fourth-order valence-corrected chi connectivity index (χ4v) is 3.78. The van der Waals surface area contributed by atoms with Gasteiger partial charge in [-0.15, -0.1) is 11.8 Å². The molecule has 110 valence electrons. The van der Waals surface area contributed by atoms with Crippen LogP contribution in [0.5, 0.6) is 0 Å².